The maximum atomic E-state index is 12.4. The van der Waals surface area contributed by atoms with Crippen molar-refractivity contribution in [1.82, 2.24) is 0 Å². The summed E-state index contributed by atoms with van der Waals surface area (Å²) in [5.41, 5.74) is 1.63. The quantitative estimate of drug-likeness (QED) is 0.522. The summed E-state index contributed by atoms with van der Waals surface area (Å²) in [6.07, 6.45) is 0.808. The van der Waals surface area contributed by atoms with Crippen molar-refractivity contribution < 1.29 is 33.3 Å². The number of ketones is 1. The van der Waals surface area contributed by atoms with Gasteiger partial charge in [-0.05, 0) is 35.9 Å². The first kappa shape index (κ1) is 20.4. The van der Waals surface area contributed by atoms with Gasteiger partial charge in [0.05, 0.1) is 32.3 Å². The van der Waals surface area contributed by atoms with Crippen LogP contribution in [0.4, 0.5) is 0 Å². The lowest BCUT2D eigenvalue weighted by atomic mass is 10.1. The zero-order valence-corrected chi connectivity index (χ0v) is 16.1. The van der Waals surface area contributed by atoms with E-state index in [-0.39, 0.29) is 25.2 Å². The van der Waals surface area contributed by atoms with Crippen LogP contribution in [0.3, 0.4) is 0 Å². The number of Topliss-reactive ketones (excluding diaryl/α,β-unsaturated/α-hetero) is 1. The van der Waals surface area contributed by atoms with Gasteiger partial charge in [-0.1, -0.05) is 12.1 Å². The van der Waals surface area contributed by atoms with Crippen molar-refractivity contribution in [3.8, 4) is 11.5 Å². The zero-order chi connectivity index (χ0) is 20.6. The molecule has 1 heterocycles. The lowest BCUT2D eigenvalue weighted by molar-refractivity contribution is -0.144. The van der Waals surface area contributed by atoms with E-state index in [1.54, 1.807) is 42.5 Å². The van der Waals surface area contributed by atoms with E-state index < -0.39 is 11.9 Å². The fourth-order valence-electron chi connectivity index (χ4n) is 2.79. The van der Waals surface area contributed by atoms with E-state index >= 15 is 0 Å². The summed E-state index contributed by atoms with van der Waals surface area (Å²) in [6.45, 7) is 1.19. The first-order valence-electron chi connectivity index (χ1n) is 9.32. The second-order valence-corrected chi connectivity index (χ2v) is 6.48. The minimum Gasteiger partial charge on any atom is -0.490 e. The molecule has 0 amide bonds. The Hall–Kier alpha value is -3.35. The van der Waals surface area contributed by atoms with Gasteiger partial charge in [-0.3, -0.25) is 9.59 Å². The Morgan fingerprint density at radius 1 is 0.897 bits per heavy atom. The van der Waals surface area contributed by atoms with Gasteiger partial charge in [-0.15, -0.1) is 0 Å². The summed E-state index contributed by atoms with van der Waals surface area (Å²) >= 11 is 0. The molecule has 0 fully saturated rings. The van der Waals surface area contributed by atoms with Crippen molar-refractivity contribution >= 4 is 17.7 Å². The molecule has 0 bridgehead atoms. The maximum Gasteiger partial charge on any atom is 0.337 e. The summed E-state index contributed by atoms with van der Waals surface area (Å²) in [4.78, 5) is 35.7. The number of carbonyl (C=O) groups excluding carboxylic acids is 3. The number of hydrogen-bond acceptors (Lipinski definition) is 7. The molecular formula is C22H22O7. The van der Waals surface area contributed by atoms with Gasteiger partial charge in [0.25, 0.3) is 0 Å². The molecule has 0 N–H and O–H groups in total. The highest BCUT2D eigenvalue weighted by molar-refractivity contribution is 5.98. The molecule has 3 rings (SSSR count). The van der Waals surface area contributed by atoms with E-state index in [0.29, 0.717) is 35.8 Å². The maximum absolute atomic E-state index is 12.4. The van der Waals surface area contributed by atoms with Crippen LogP contribution in [0.15, 0.2) is 42.5 Å². The number of carbonyl (C=O) groups is 3. The molecule has 0 radical (unpaired) electrons. The van der Waals surface area contributed by atoms with Crippen molar-refractivity contribution in [2.45, 2.75) is 25.9 Å². The van der Waals surface area contributed by atoms with Gasteiger partial charge >= 0.3 is 11.9 Å². The van der Waals surface area contributed by atoms with Gasteiger partial charge in [0.15, 0.2) is 17.3 Å². The van der Waals surface area contributed by atoms with Gasteiger partial charge in [0.1, 0.15) is 6.61 Å². The van der Waals surface area contributed by atoms with Crippen LogP contribution in [-0.4, -0.2) is 38.0 Å². The van der Waals surface area contributed by atoms with E-state index in [9.17, 15) is 14.4 Å². The largest absolute Gasteiger partial charge is 0.490 e. The van der Waals surface area contributed by atoms with Crippen LogP contribution >= 0.6 is 0 Å². The number of methoxy groups -OCH3 is 1. The van der Waals surface area contributed by atoms with E-state index in [1.807, 2.05) is 0 Å². The molecule has 0 aliphatic carbocycles. The number of fused-ring (bicyclic) bond motifs is 1. The van der Waals surface area contributed by atoms with E-state index in [2.05, 4.69) is 4.74 Å². The Morgan fingerprint density at radius 2 is 1.59 bits per heavy atom. The van der Waals surface area contributed by atoms with Crippen LogP contribution in [0, 0.1) is 0 Å². The predicted octanol–water partition coefficient (Wildman–Crippen LogP) is 3.34. The lowest BCUT2D eigenvalue weighted by Crippen LogP contribution is -2.09. The predicted molar refractivity (Wildman–Crippen MR) is 103 cm³/mol. The molecule has 0 spiro atoms. The van der Waals surface area contributed by atoms with E-state index in [0.717, 1.165) is 12.0 Å². The van der Waals surface area contributed by atoms with Crippen LogP contribution in [0.5, 0.6) is 11.5 Å². The molecular weight excluding hydrogens is 376 g/mol. The molecule has 0 aromatic heterocycles. The second kappa shape index (κ2) is 9.73. The van der Waals surface area contributed by atoms with E-state index in [4.69, 9.17) is 14.2 Å². The van der Waals surface area contributed by atoms with Crippen molar-refractivity contribution in [1.29, 1.82) is 0 Å². The Balaban J connectivity index is 1.47. The molecule has 7 nitrogen and oxygen atoms in total. The fraction of sp³-hybridized carbons (Fsp3) is 0.318. The van der Waals surface area contributed by atoms with Gasteiger partial charge in [0.2, 0.25) is 0 Å². The third kappa shape index (κ3) is 5.57. The van der Waals surface area contributed by atoms with Crippen molar-refractivity contribution in [3.05, 3.63) is 59.2 Å². The van der Waals surface area contributed by atoms with Gasteiger partial charge in [-0.25, -0.2) is 4.79 Å². The summed E-state index contributed by atoms with van der Waals surface area (Å²) in [7, 11) is 1.31. The van der Waals surface area contributed by atoms with Gasteiger partial charge in [0, 0.05) is 18.4 Å². The molecule has 2 aromatic rings. The van der Waals surface area contributed by atoms with Gasteiger partial charge < -0.3 is 18.9 Å². The molecule has 7 heteroatoms. The zero-order valence-electron chi connectivity index (χ0n) is 16.1. The highest BCUT2D eigenvalue weighted by atomic mass is 16.5. The van der Waals surface area contributed by atoms with Crippen molar-refractivity contribution in [2.24, 2.45) is 0 Å². The molecule has 0 atom stereocenters. The van der Waals surface area contributed by atoms with Crippen molar-refractivity contribution in [3.63, 3.8) is 0 Å². The normalized spacial score (nSPS) is 12.6. The van der Waals surface area contributed by atoms with Crippen LogP contribution < -0.4 is 9.47 Å². The van der Waals surface area contributed by atoms with Crippen molar-refractivity contribution in [2.75, 3.05) is 20.3 Å². The molecule has 0 unspecified atom stereocenters. The highest BCUT2D eigenvalue weighted by Gasteiger charge is 2.15. The Labute approximate surface area is 168 Å². The first-order valence-corrected chi connectivity index (χ1v) is 9.32. The standard InChI is InChI=1S/C22H22O7/c1-26-22(25)16-5-3-15(4-6-16)14-29-21(24)10-8-18(23)17-7-9-19-20(13-17)28-12-2-11-27-19/h3-7,9,13H,2,8,10-12,14H2,1H3. The third-order valence-corrected chi connectivity index (χ3v) is 4.40. The minimum atomic E-state index is -0.468. The topological polar surface area (TPSA) is 88.1 Å². The highest BCUT2D eigenvalue weighted by Crippen LogP contribution is 2.30. The summed E-state index contributed by atoms with van der Waals surface area (Å²) in [6, 6.07) is 11.6. The average Bonchev–Trinajstić information content (AvgIpc) is 3.00. The van der Waals surface area contributed by atoms with Crippen LogP contribution in [0.2, 0.25) is 0 Å². The molecule has 152 valence electrons. The number of rotatable bonds is 7. The van der Waals surface area contributed by atoms with Crippen LogP contribution in [0.25, 0.3) is 0 Å². The minimum absolute atomic E-state index is 0.0203. The smallest absolute Gasteiger partial charge is 0.337 e. The third-order valence-electron chi connectivity index (χ3n) is 4.40. The van der Waals surface area contributed by atoms with Crippen LogP contribution in [0.1, 0.15) is 45.5 Å². The molecule has 0 saturated carbocycles. The molecule has 29 heavy (non-hydrogen) atoms. The number of benzene rings is 2. The molecule has 2 aromatic carbocycles. The second-order valence-electron chi connectivity index (χ2n) is 6.48. The van der Waals surface area contributed by atoms with Crippen LogP contribution in [-0.2, 0) is 20.9 Å². The Morgan fingerprint density at radius 3 is 2.31 bits per heavy atom. The number of hydrogen-bond donors (Lipinski definition) is 0. The first-order chi connectivity index (χ1) is 14.1. The summed E-state index contributed by atoms with van der Waals surface area (Å²) in [5.74, 6) is 0.106. The monoisotopic (exact) mass is 398 g/mol. The molecule has 1 aliphatic heterocycles. The number of ether oxygens (including phenoxy) is 4. The summed E-state index contributed by atoms with van der Waals surface area (Å²) in [5, 5.41) is 0. The lowest BCUT2D eigenvalue weighted by Gasteiger charge is -2.09. The number of esters is 2. The fourth-order valence-corrected chi connectivity index (χ4v) is 2.79. The summed E-state index contributed by atoms with van der Waals surface area (Å²) < 4.78 is 21.0. The Kier molecular flexibility index (Phi) is 6.84. The Bertz CT molecular complexity index is 887. The average molecular weight is 398 g/mol. The molecule has 0 saturated heterocycles. The molecule has 1 aliphatic rings. The SMILES string of the molecule is COC(=O)c1ccc(COC(=O)CCC(=O)c2ccc3c(c2)OCCCO3)cc1. The van der Waals surface area contributed by atoms with Gasteiger partial charge in [-0.2, -0.15) is 0 Å². The van der Waals surface area contributed by atoms with E-state index in [1.165, 1.54) is 7.11 Å².